The zero-order valence-corrected chi connectivity index (χ0v) is 24.2. The summed E-state index contributed by atoms with van der Waals surface area (Å²) in [6.45, 7) is 26.4. The first-order valence-electron chi connectivity index (χ1n) is 12.1. The van der Waals surface area contributed by atoms with E-state index in [0.717, 1.165) is 0 Å². The highest BCUT2D eigenvalue weighted by molar-refractivity contribution is 6.84. The van der Waals surface area contributed by atoms with Gasteiger partial charge in [-0.3, -0.25) is 4.79 Å². The first-order chi connectivity index (χ1) is 14.1. The summed E-state index contributed by atoms with van der Waals surface area (Å²) in [6.07, 6.45) is -1.03. The van der Waals surface area contributed by atoms with Crippen LogP contribution in [0.2, 0.25) is 33.2 Å². The van der Waals surface area contributed by atoms with Crippen molar-refractivity contribution in [1.82, 2.24) is 0 Å². The van der Waals surface area contributed by atoms with E-state index in [9.17, 15) is 14.7 Å². The number of ether oxygens (including phenoxy) is 2. The molecule has 0 amide bonds. The van der Waals surface area contributed by atoms with Crippen molar-refractivity contribution in [2.45, 2.75) is 129 Å². The van der Waals surface area contributed by atoms with Crippen molar-refractivity contribution < 1.29 is 24.2 Å². The van der Waals surface area contributed by atoms with Gasteiger partial charge in [-0.2, -0.15) is 0 Å². The minimum atomic E-state index is -1.92. The number of hydrogen-bond donors (Lipinski definition) is 1. The molecule has 0 aliphatic heterocycles. The van der Waals surface area contributed by atoms with Gasteiger partial charge in [0, 0.05) is 0 Å². The maximum Gasteiger partial charge on any atom is 0.335 e. The molecule has 0 rings (SSSR count). The normalized spacial score (nSPS) is 14.3. The summed E-state index contributed by atoms with van der Waals surface area (Å²) in [5.74, 6) is -1.24. The SMILES string of the molecule is CC(C)[Si](COC(=O)CC(O)C(=O)OC[Si](C(C)C)(C(C)C)C(C)C)(C(C)C)C(C)C. The Balaban J connectivity index is 5.06. The number of aliphatic hydroxyl groups is 1. The van der Waals surface area contributed by atoms with Gasteiger partial charge in [0.1, 0.15) is 16.1 Å². The second-order valence-electron chi connectivity index (χ2n) is 11.1. The van der Waals surface area contributed by atoms with Gasteiger partial charge < -0.3 is 14.6 Å². The Morgan fingerprint density at radius 2 is 0.903 bits per heavy atom. The molecule has 7 heteroatoms. The summed E-state index contributed by atoms with van der Waals surface area (Å²) in [5.41, 5.74) is 2.75. The molecule has 0 bridgehead atoms. The Morgan fingerprint density at radius 3 is 1.19 bits per heavy atom. The van der Waals surface area contributed by atoms with E-state index in [1.165, 1.54) is 0 Å². The van der Waals surface area contributed by atoms with Crippen molar-refractivity contribution in [2.24, 2.45) is 0 Å². The average molecular weight is 475 g/mol. The first-order valence-corrected chi connectivity index (χ1v) is 16.9. The summed E-state index contributed by atoms with van der Waals surface area (Å²) < 4.78 is 11.2. The minimum Gasteiger partial charge on any atom is -0.469 e. The lowest BCUT2D eigenvalue weighted by molar-refractivity contribution is -0.158. The predicted octanol–water partition coefficient (Wildman–Crippen LogP) is 6.26. The molecule has 1 unspecified atom stereocenters. The van der Waals surface area contributed by atoms with Gasteiger partial charge in [0.25, 0.3) is 0 Å². The van der Waals surface area contributed by atoms with Crippen molar-refractivity contribution in [3.63, 3.8) is 0 Å². The predicted molar refractivity (Wildman–Crippen MR) is 135 cm³/mol. The fourth-order valence-electron chi connectivity index (χ4n) is 5.80. The summed E-state index contributed by atoms with van der Waals surface area (Å²) >= 11 is 0. The highest BCUT2D eigenvalue weighted by Crippen LogP contribution is 2.42. The second-order valence-corrected chi connectivity index (χ2v) is 23.1. The Labute approximate surface area is 193 Å². The molecule has 0 radical (unpaired) electrons. The molecule has 0 saturated heterocycles. The van der Waals surface area contributed by atoms with Crippen LogP contribution in [0.5, 0.6) is 0 Å². The first kappa shape index (κ1) is 30.3. The van der Waals surface area contributed by atoms with Gasteiger partial charge in [0.2, 0.25) is 0 Å². The van der Waals surface area contributed by atoms with Crippen molar-refractivity contribution in [3.8, 4) is 0 Å². The van der Waals surface area contributed by atoms with Crippen molar-refractivity contribution in [3.05, 3.63) is 0 Å². The van der Waals surface area contributed by atoms with Gasteiger partial charge in [-0.15, -0.1) is 0 Å². The maximum atomic E-state index is 12.5. The van der Waals surface area contributed by atoms with E-state index in [4.69, 9.17) is 9.47 Å². The quantitative estimate of drug-likeness (QED) is 0.252. The highest BCUT2D eigenvalue weighted by atomic mass is 28.3. The molecule has 31 heavy (non-hydrogen) atoms. The average Bonchev–Trinajstić information content (AvgIpc) is 2.60. The van der Waals surface area contributed by atoms with Gasteiger partial charge in [0.05, 0.1) is 18.9 Å². The third-order valence-corrected chi connectivity index (χ3v) is 22.2. The van der Waals surface area contributed by atoms with Gasteiger partial charge in [-0.05, 0) is 33.2 Å². The Hall–Kier alpha value is -0.666. The molecule has 0 heterocycles. The Morgan fingerprint density at radius 1 is 0.613 bits per heavy atom. The van der Waals surface area contributed by atoms with E-state index in [1.54, 1.807) is 0 Å². The van der Waals surface area contributed by atoms with Crippen LogP contribution in [-0.2, 0) is 19.1 Å². The van der Waals surface area contributed by atoms with Crippen molar-refractivity contribution in [2.75, 3.05) is 12.5 Å². The van der Waals surface area contributed by atoms with E-state index in [2.05, 4.69) is 83.1 Å². The van der Waals surface area contributed by atoms with Crippen LogP contribution in [0.25, 0.3) is 0 Å². The number of rotatable bonds is 13. The summed E-state index contributed by atoms with van der Waals surface area (Å²) in [4.78, 5) is 24.9. The molecule has 184 valence electrons. The number of hydrogen-bond acceptors (Lipinski definition) is 5. The number of esters is 2. The van der Waals surface area contributed by atoms with E-state index < -0.39 is 34.2 Å². The monoisotopic (exact) mass is 474 g/mol. The standard InChI is InChI=1S/C24H50O5Si2/c1-16(2)30(17(3)4,18(5)6)14-28-23(26)13-22(25)24(27)29-15-31(19(7)8,20(9)10)21(11)12/h16-22,25H,13-15H2,1-12H3. The molecule has 0 aromatic carbocycles. The lowest BCUT2D eigenvalue weighted by Crippen LogP contribution is -2.50. The van der Waals surface area contributed by atoms with Crippen LogP contribution in [0.15, 0.2) is 0 Å². The lowest BCUT2D eigenvalue weighted by atomic mass is 10.2. The number of carbonyl (C=O) groups excluding carboxylic acids is 2. The molecule has 1 atom stereocenters. The summed E-state index contributed by atoms with van der Waals surface area (Å²) in [6, 6.07) is 0. The summed E-state index contributed by atoms with van der Waals surface area (Å²) in [7, 11) is -3.80. The van der Waals surface area contributed by atoms with Gasteiger partial charge >= 0.3 is 11.9 Å². The topological polar surface area (TPSA) is 72.8 Å². The molecular weight excluding hydrogens is 424 g/mol. The van der Waals surface area contributed by atoms with Crippen LogP contribution in [-0.4, -0.2) is 51.8 Å². The zero-order chi connectivity index (χ0) is 24.7. The molecule has 0 saturated carbocycles. The van der Waals surface area contributed by atoms with Crippen LogP contribution >= 0.6 is 0 Å². The van der Waals surface area contributed by atoms with Crippen molar-refractivity contribution in [1.29, 1.82) is 0 Å². The van der Waals surface area contributed by atoms with E-state index in [0.29, 0.717) is 45.7 Å². The molecule has 0 aliphatic carbocycles. The maximum absolute atomic E-state index is 12.5. The molecular formula is C24H50O5Si2. The van der Waals surface area contributed by atoms with Crippen molar-refractivity contribution >= 4 is 28.1 Å². The van der Waals surface area contributed by atoms with Crippen LogP contribution < -0.4 is 0 Å². The van der Waals surface area contributed by atoms with Crippen LogP contribution in [0.1, 0.15) is 89.5 Å². The van der Waals surface area contributed by atoms with Gasteiger partial charge in [-0.1, -0.05) is 83.1 Å². The Kier molecular flexibility index (Phi) is 12.3. The summed E-state index contributed by atoms with van der Waals surface area (Å²) in [5, 5.41) is 10.3. The number of carbonyl (C=O) groups is 2. The fourth-order valence-corrected chi connectivity index (χ4v) is 16.6. The molecule has 0 aliphatic rings. The van der Waals surface area contributed by atoms with Gasteiger partial charge in [-0.25, -0.2) is 4.79 Å². The lowest BCUT2D eigenvalue weighted by Gasteiger charge is -2.42. The molecule has 1 N–H and O–H groups in total. The molecule has 5 nitrogen and oxygen atoms in total. The van der Waals surface area contributed by atoms with Crippen LogP contribution in [0.3, 0.4) is 0 Å². The second kappa shape index (κ2) is 12.5. The third-order valence-electron chi connectivity index (χ3n) is 8.03. The largest absolute Gasteiger partial charge is 0.469 e. The van der Waals surface area contributed by atoms with Crippen LogP contribution in [0, 0.1) is 0 Å². The highest BCUT2D eigenvalue weighted by Gasteiger charge is 2.45. The number of aliphatic hydroxyl groups excluding tert-OH is 1. The smallest absolute Gasteiger partial charge is 0.335 e. The van der Waals surface area contributed by atoms with E-state index >= 15 is 0 Å². The zero-order valence-electron chi connectivity index (χ0n) is 22.2. The van der Waals surface area contributed by atoms with Gasteiger partial charge in [0.15, 0.2) is 6.10 Å². The molecule has 0 aromatic heterocycles. The third kappa shape index (κ3) is 7.16. The minimum absolute atomic E-state index is 0.350. The van der Waals surface area contributed by atoms with E-state index in [1.807, 2.05) is 0 Å². The van der Waals surface area contributed by atoms with Crippen LogP contribution in [0.4, 0.5) is 0 Å². The Bertz CT molecular complexity index is 527. The molecule has 0 spiro atoms. The molecule has 0 aromatic rings. The fraction of sp³-hybridized carbons (Fsp3) is 0.917. The molecule has 0 fully saturated rings. The van der Waals surface area contributed by atoms with E-state index in [-0.39, 0.29) is 6.42 Å².